The third-order valence-electron chi connectivity index (χ3n) is 2.83. The van der Waals surface area contributed by atoms with Crippen molar-refractivity contribution in [1.29, 1.82) is 0 Å². The maximum Gasteiger partial charge on any atom is 0.253 e. The van der Waals surface area contributed by atoms with E-state index in [0.717, 1.165) is 0 Å². The lowest BCUT2D eigenvalue weighted by Crippen LogP contribution is -2.48. The number of ether oxygens (including phenoxy) is 1. The maximum atomic E-state index is 11.7. The van der Waals surface area contributed by atoms with Gasteiger partial charge in [-0.1, -0.05) is 13.8 Å². The molecule has 0 saturated carbocycles. The molecule has 0 bridgehead atoms. The van der Waals surface area contributed by atoms with Crippen LogP contribution in [0.1, 0.15) is 26.7 Å². The summed E-state index contributed by atoms with van der Waals surface area (Å²) in [6, 6.07) is 0. The molecular weight excluding hydrogens is 182 g/mol. The van der Waals surface area contributed by atoms with Crippen molar-refractivity contribution in [3.8, 4) is 0 Å². The summed E-state index contributed by atoms with van der Waals surface area (Å²) >= 11 is 0. The van der Waals surface area contributed by atoms with Crippen LogP contribution < -0.4 is 5.32 Å². The van der Waals surface area contributed by atoms with Gasteiger partial charge in [-0.3, -0.25) is 14.9 Å². The summed E-state index contributed by atoms with van der Waals surface area (Å²) in [4.78, 5) is 22.8. The van der Waals surface area contributed by atoms with Crippen LogP contribution in [0.3, 0.4) is 0 Å². The molecule has 1 N–H and O–H groups in total. The van der Waals surface area contributed by atoms with E-state index in [1.807, 2.05) is 13.8 Å². The fraction of sp³-hybridized carbons (Fsp3) is 0.600. The van der Waals surface area contributed by atoms with Crippen molar-refractivity contribution in [3.05, 3.63) is 11.8 Å². The summed E-state index contributed by atoms with van der Waals surface area (Å²) < 4.78 is 5.11. The molecule has 1 aliphatic rings. The smallest absolute Gasteiger partial charge is 0.253 e. The maximum absolute atomic E-state index is 11.7. The average Bonchev–Trinajstić information content (AvgIpc) is 2.17. The Morgan fingerprint density at radius 2 is 1.93 bits per heavy atom. The number of nitrogens with one attached hydrogen (secondary N) is 1. The molecule has 0 atom stereocenters. The van der Waals surface area contributed by atoms with Gasteiger partial charge in [0.25, 0.3) is 5.91 Å². The van der Waals surface area contributed by atoms with Gasteiger partial charge in [-0.2, -0.15) is 0 Å². The van der Waals surface area contributed by atoms with Crippen LogP contribution in [-0.4, -0.2) is 18.9 Å². The van der Waals surface area contributed by atoms with E-state index in [4.69, 9.17) is 4.74 Å². The number of amides is 2. The van der Waals surface area contributed by atoms with Crippen LogP contribution >= 0.6 is 0 Å². The number of hydrogen-bond acceptors (Lipinski definition) is 3. The zero-order valence-corrected chi connectivity index (χ0v) is 8.72. The number of carbonyl (C=O) groups is 2. The second-order valence-corrected chi connectivity index (χ2v) is 3.32. The van der Waals surface area contributed by atoms with Crippen molar-refractivity contribution < 1.29 is 14.3 Å². The monoisotopic (exact) mass is 197 g/mol. The molecule has 1 aliphatic heterocycles. The highest BCUT2D eigenvalue weighted by Gasteiger charge is 2.43. The summed E-state index contributed by atoms with van der Waals surface area (Å²) in [7, 11) is 1.48. The van der Waals surface area contributed by atoms with Crippen LogP contribution in [0, 0.1) is 5.41 Å². The third kappa shape index (κ3) is 1.41. The van der Waals surface area contributed by atoms with Crippen molar-refractivity contribution in [2.24, 2.45) is 5.41 Å². The number of carbonyl (C=O) groups excluding carboxylic acids is 2. The fourth-order valence-electron chi connectivity index (χ4n) is 1.81. The minimum Gasteiger partial charge on any atom is -0.500 e. The Kier molecular flexibility index (Phi) is 2.93. The molecule has 0 aromatic carbocycles. The van der Waals surface area contributed by atoms with Gasteiger partial charge in [-0.05, 0) is 12.8 Å². The molecule has 0 fully saturated rings. The molecule has 0 unspecified atom stereocenters. The first-order valence-corrected chi connectivity index (χ1v) is 4.72. The third-order valence-corrected chi connectivity index (χ3v) is 2.83. The number of methoxy groups -OCH3 is 1. The van der Waals surface area contributed by atoms with E-state index in [0.29, 0.717) is 18.6 Å². The van der Waals surface area contributed by atoms with E-state index in [9.17, 15) is 9.59 Å². The molecule has 0 saturated heterocycles. The van der Waals surface area contributed by atoms with Crippen molar-refractivity contribution in [2.45, 2.75) is 26.7 Å². The summed E-state index contributed by atoms with van der Waals surface area (Å²) in [5.41, 5.74) is -0.664. The Morgan fingerprint density at radius 1 is 1.36 bits per heavy atom. The van der Waals surface area contributed by atoms with Crippen LogP contribution in [0.5, 0.6) is 0 Å². The first-order valence-electron chi connectivity index (χ1n) is 4.72. The van der Waals surface area contributed by atoms with Gasteiger partial charge in [0.05, 0.1) is 7.11 Å². The fourth-order valence-corrected chi connectivity index (χ4v) is 1.81. The molecule has 1 rings (SSSR count). The second-order valence-electron chi connectivity index (χ2n) is 3.32. The lowest BCUT2D eigenvalue weighted by atomic mass is 9.77. The van der Waals surface area contributed by atoms with Gasteiger partial charge in [-0.25, -0.2) is 0 Å². The Balaban J connectivity index is 3.18. The van der Waals surface area contributed by atoms with E-state index in [2.05, 4.69) is 5.32 Å². The Bertz CT molecular complexity index is 290. The van der Waals surface area contributed by atoms with E-state index in [-0.39, 0.29) is 5.91 Å². The predicted octanol–water partition coefficient (Wildman–Crippen LogP) is 0.979. The number of rotatable bonds is 3. The summed E-state index contributed by atoms with van der Waals surface area (Å²) in [6.45, 7) is 3.82. The summed E-state index contributed by atoms with van der Waals surface area (Å²) in [5.74, 6) is -0.188. The second kappa shape index (κ2) is 3.82. The first-order chi connectivity index (χ1) is 6.60. The molecule has 78 valence electrons. The van der Waals surface area contributed by atoms with Crippen LogP contribution in [0.25, 0.3) is 0 Å². The van der Waals surface area contributed by atoms with Gasteiger partial charge in [-0.15, -0.1) is 0 Å². The van der Waals surface area contributed by atoms with Gasteiger partial charge < -0.3 is 4.74 Å². The normalized spacial score (nSPS) is 20.1. The molecule has 4 heteroatoms. The molecule has 0 spiro atoms. The van der Waals surface area contributed by atoms with Crippen LogP contribution in [-0.2, 0) is 14.3 Å². The molecule has 14 heavy (non-hydrogen) atoms. The highest BCUT2D eigenvalue weighted by Crippen LogP contribution is 2.37. The van der Waals surface area contributed by atoms with Crippen molar-refractivity contribution in [2.75, 3.05) is 7.11 Å². The highest BCUT2D eigenvalue weighted by molar-refractivity contribution is 6.07. The van der Waals surface area contributed by atoms with Gasteiger partial charge in [0.1, 0.15) is 11.2 Å². The zero-order valence-electron chi connectivity index (χ0n) is 8.72. The molecule has 0 aliphatic carbocycles. The highest BCUT2D eigenvalue weighted by atomic mass is 16.5. The van der Waals surface area contributed by atoms with Crippen molar-refractivity contribution in [3.63, 3.8) is 0 Å². The van der Waals surface area contributed by atoms with Gasteiger partial charge >= 0.3 is 0 Å². The lowest BCUT2D eigenvalue weighted by molar-refractivity contribution is -0.137. The molecule has 0 aromatic heterocycles. The van der Waals surface area contributed by atoms with Crippen molar-refractivity contribution in [1.82, 2.24) is 5.32 Å². The molecule has 0 radical (unpaired) electrons. The van der Waals surface area contributed by atoms with E-state index >= 15 is 0 Å². The Labute approximate surface area is 83.3 Å². The predicted molar refractivity (Wildman–Crippen MR) is 51.3 cm³/mol. The molecular formula is C10H15NO3. The number of imide groups is 1. The van der Waals surface area contributed by atoms with E-state index in [1.165, 1.54) is 13.2 Å². The molecule has 0 aromatic rings. The molecule has 4 nitrogen and oxygen atoms in total. The Morgan fingerprint density at radius 3 is 2.36 bits per heavy atom. The van der Waals surface area contributed by atoms with E-state index in [1.54, 1.807) is 0 Å². The molecule has 2 amide bonds. The van der Waals surface area contributed by atoms with Crippen LogP contribution in [0.2, 0.25) is 0 Å². The zero-order chi connectivity index (χ0) is 10.8. The topological polar surface area (TPSA) is 55.4 Å². The SMILES string of the molecule is CCC1(CC)C(=O)NC(=O)C=C1OC. The summed E-state index contributed by atoms with van der Waals surface area (Å²) in [6.07, 6.45) is 2.61. The van der Waals surface area contributed by atoms with Crippen LogP contribution in [0.15, 0.2) is 11.8 Å². The Hall–Kier alpha value is -1.32. The first kappa shape index (κ1) is 10.8. The van der Waals surface area contributed by atoms with Crippen molar-refractivity contribution >= 4 is 11.8 Å². The minimum atomic E-state index is -0.664. The van der Waals surface area contributed by atoms with Crippen LogP contribution in [0.4, 0.5) is 0 Å². The summed E-state index contributed by atoms with van der Waals surface area (Å²) in [5, 5.41) is 2.30. The molecule has 1 heterocycles. The van der Waals surface area contributed by atoms with Gasteiger partial charge in [0, 0.05) is 6.08 Å². The van der Waals surface area contributed by atoms with E-state index < -0.39 is 11.3 Å². The standard InChI is InChI=1S/C10H15NO3/c1-4-10(5-2)7(14-3)6-8(12)11-9(10)13/h6H,4-5H2,1-3H3,(H,11,12,13). The average molecular weight is 197 g/mol. The quantitative estimate of drug-likeness (QED) is 0.686. The minimum absolute atomic E-state index is 0.258. The largest absolute Gasteiger partial charge is 0.500 e. The number of hydrogen-bond donors (Lipinski definition) is 1. The lowest BCUT2D eigenvalue weighted by Gasteiger charge is -2.33. The van der Waals surface area contributed by atoms with Gasteiger partial charge in [0.2, 0.25) is 5.91 Å². The van der Waals surface area contributed by atoms with Gasteiger partial charge in [0.15, 0.2) is 0 Å².